The van der Waals surface area contributed by atoms with Crippen molar-refractivity contribution in [3.05, 3.63) is 133 Å². The maximum atomic E-state index is 13.3. The molecule has 0 unspecified atom stereocenters. The summed E-state index contributed by atoms with van der Waals surface area (Å²) in [5.74, 6) is -1.24. The number of hydrogen-bond donors (Lipinski definition) is 2. The van der Waals surface area contributed by atoms with Crippen LogP contribution in [0.25, 0.3) is 11.4 Å². The first kappa shape index (κ1) is 22.7. The molecule has 0 aliphatic carbocycles. The van der Waals surface area contributed by atoms with Crippen molar-refractivity contribution in [2.45, 2.75) is 13.8 Å². The van der Waals surface area contributed by atoms with Crippen LogP contribution in [-0.2, 0) is 0 Å². The van der Waals surface area contributed by atoms with Gasteiger partial charge in [-0.2, -0.15) is 0 Å². The van der Waals surface area contributed by atoms with Gasteiger partial charge in [-0.15, -0.1) is 0 Å². The minimum atomic E-state index is -0.620. The first-order valence-corrected chi connectivity index (χ1v) is 11.2. The Kier molecular flexibility index (Phi) is 5.65. The molecule has 0 spiro atoms. The normalized spacial score (nSPS) is 10.9. The summed E-state index contributed by atoms with van der Waals surface area (Å²) in [5, 5.41) is 5.83. The van der Waals surface area contributed by atoms with Crippen molar-refractivity contribution in [2.75, 3.05) is 0 Å². The lowest BCUT2D eigenvalue weighted by Gasteiger charge is -2.02. The van der Waals surface area contributed by atoms with Crippen LogP contribution in [0.15, 0.2) is 88.5 Å². The number of pyridine rings is 1. The molecule has 0 saturated carbocycles. The number of ketones is 2. The molecule has 36 heavy (non-hydrogen) atoms. The number of aromatic amines is 2. The molecule has 0 radical (unpaired) electrons. The second-order valence-corrected chi connectivity index (χ2v) is 8.24. The number of hydrogen-bond acceptors (Lipinski definition) is 5. The molecule has 0 bridgehead atoms. The fourth-order valence-electron chi connectivity index (χ4n) is 4.09. The Morgan fingerprint density at radius 3 is 1.39 bits per heavy atom. The molecule has 9 heteroatoms. The van der Waals surface area contributed by atoms with E-state index in [0.717, 1.165) is 0 Å². The first-order valence-electron chi connectivity index (χ1n) is 11.2. The van der Waals surface area contributed by atoms with Gasteiger partial charge >= 0.3 is 0 Å². The molecule has 0 aliphatic rings. The van der Waals surface area contributed by atoms with Crippen LogP contribution in [0.4, 0.5) is 0 Å². The molecular formula is C27H21N5O4. The predicted molar refractivity (Wildman–Crippen MR) is 133 cm³/mol. The standard InChI is InChI=1S/C27H21N5O4/c1-16-22(26(35)31(29-16)18-10-5-3-6-11-18)24(33)20-14-9-15-21(28-20)25(34)23-17(2)30-32(27(23)36)19-12-7-4-8-13-19/h3-15,29-30H,1-2H3. The van der Waals surface area contributed by atoms with E-state index in [1.165, 1.54) is 27.6 Å². The van der Waals surface area contributed by atoms with E-state index in [0.29, 0.717) is 22.8 Å². The van der Waals surface area contributed by atoms with Gasteiger partial charge in [0.05, 0.1) is 11.4 Å². The summed E-state index contributed by atoms with van der Waals surface area (Å²) in [4.78, 5) is 56.9. The molecule has 3 heterocycles. The molecule has 9 nitrogen and oxygen atoms in total. The van der Waals surface area contributed by atoms with Crippen molar-refractivity contribution in [3.63, 3.8) is 0 Å². The van der Waals surface area contributed by atoms with Crippen molar-refractivity contribution < 1.29 is 9.59 Å². The highest BCUT2D eigenvalue weighted by Crippen LogP contribution is 2.14. The maximum Gasteiger partial charge on any atom is 0.282 e. The van der Waals surface area contributed by atoms with Gasteiger partial charge < -0.3 is 0 Å². The minimum absolute atomic E-state index is 0.0692. The molecule has 0 aliphatic heterocycles. The number of carbonyl (C=O) groups is 2. The number of H-pyrrole nitrogens is 2. The smallest absolute Gasteiger partial charge is 0.282 e. The highest BCUT2D eigenvalue weighted by Gasteiger charge is 2.25. The van der Waals surface area contributed by atoms with Crippen molar-refractivity contribution in [1.82, 2.24) is 24.5 Å². The molecule has 178 valence electrons. The number of nitrogens with one attached hydrogen (secondary N) is 2. The van der Waals surface area contributed by atoms with E-state index >= 15 is 0 Å². The molecule has 0 saturated heterocycles. The zero-order valence-electron chi connectivity index (χ0n) is 19.5. The van der Waals surface area contributed by atoms with Crippen LogP contribution in [0.3, 0.4) is 0 Å². The lowest BCUT2D eigenvalue weighted by Crippen LogP contribution is -2.23. The monoisotopic (exact) mass is 479 g/mol. The molecule has 0 amide bonds. The average Bonchev–Trinajstić information content (AvgIpc) is 3.38. The topological polar surface area (TPSA) is 123 Å². The summed E-state index contributed by atoms with van der Waals surface area (Å²) in [7, 11) is 0. The van der Waals surface area contributed by atoms with Crippen LogP contribution in [0, 0.1) is 13.8 Å². The summed E-state index contributed by atoms with van der Waals surface area (Å²) in [5.41, 5.74) is 0.593. The molecule has 2 N–H and O–H groups in total. The molecule has 5 aromatic rings. The Morgan fingerprint density at radius 2 is 1.00 bits per heavy atom. The van der Waals surface area contributed by atoms with E-state index in [1.54, 1.807) is 62.4 Å². The van der Waals surface area contributed by atoms with E-state index in [4.69, 9.17) is 0 Å². The van der Waals surface area contributed by atoms with Crippen molar-refractivity contribution in [3.8, 4) is 11.4 Å². The van der Waals surface area contributed by atoms with Gasteiger partial charge in [-0.1, -0.05) is 42.5 Å². The quantitative estimate of drug-likeness (QED) is 0.362. The highest BCUT2D eigenvalue weighted by molar-refractivity contribution is 6.11. The molecular weight excluding hydrogens is 458 g/mol. The summed E-state index contributed by atoms with van der Waals surface area (Å²) >= 11 is 0. The number of para-hydroxylation sites is 2. The van der Waals surface area contributed by atoms with E-state index in [1.807, 2.05) is 12.1 Å². The van der Waals surface area contributed by atoms with Gasteiger partial charge in [0.15, 0.2) is 0 Å². The molecule has 3 aromatic heterocycles. The number of aryl methyl sites for hydroxylation is 2. The third-order valence-corrected chi connectivity index (χ3v) is 5.84. The van der Waals surface area contributed by atoms with Crippen molar-refractivity contribution in [1.29, 1.82) is 0 Å². The lowest BCUT2D eigenvalue weighted by molar-refractivity contribution is 0.102. The predicted octanol–water partition coefficient (Wildman–Crippen LogP) is 3.12. The molecule has 2 aromatic carbocycles. The van der Waals surface area contributed by atoms with Crippen LogP contribution in [0.2, 0.25) is 0 Å². The fourth-order valence-corrected chi connectivity index (χ4v) is 4.09. The van der Waals surface area contributed by atoms with Gasteiger partial charge in [0.1, 0.15) is 22.5 Å². The lowest BCUT2D eigenvalue weighted by atomic mass is 10.1. The first-order chi connectivity index (χ1) is 17.4. The van der Waals surface area contributed by atoms with Gasteiger partial charge in [-0.05, 0) is 50.2 Å². The summed E-state index contributed by atoms with van der Waals surface area (Å²) in [6.45, 7) is 3.25. The van der Waals surface area contributed by atoms with Crippen LogP contribution < -0.4 is 11.1 Å². The Morgan fingerprint density at radius 1 is 0.611 bits per heavy atom. The number of carbonyl (C=O) groups excluding carboxylic acids is 2. The maximum absolute atomic E-state index is 13.3. The van der Waals surface area contributed by atoms with E-state index in [-0.39, 0.29) is 22.5 Å². The van der Waals surface area contributed by atoms with Gasteiger partial charge in [0.25, 0.3) is 11.1 Å². The highest BCUT2D eigenvalue weighted by atomic mass is 16.2. The van der Waals surface area contributed by atoms with E-state index in [9.17, 15) is 19.2 Å². The molecule has 5 rings (SSSR count). The SMILES string of the molecule is Cc1[nH]n(-c2ccccc2)c(=O)c1C(=O)c1cccc(C(=O)c2c(C)[nH]n(-c3ccccc3)c2=O)n1. The van der Waals surface area contributed by atoms with Crippen molar-refractivity contribution >= 4 is 11.6 Å². The zero-order valence-corrected chi connectivity index (χ0v) is 19.5. The van der Waals surface area contributed by atoms with Crippen LogP contribution in [-0.4, -0.2) is 36.1 Å². The van der Waals surface area contributed by atoms with Gasteiger partial charge in [0, 0.05) is 11.4 Å². The van der Waals surface area contributed by atoms with Crippen LogP contribution >= 0.6 is 0 Å². The van der Waals surface area contributed by atoms with Gasteiger partial charge in [-0.3, -0.25) is 29.4 Å². The second kappa shape index (κ2) is 8.95. The van der Waals surface area contributed by atoms with E-state index in [2.05, 4.69) is 15.2 Å². The Labute approximate surface area is 204 Å². The van der Waals surface area contributed by atoms with Crippen molar-refractivity contribution in [2.24, 2.45) is 0 Å². The Hall–Kier alpha value is -5.05. The average molecular weight is 479 g/mol. The van der Waals surface area contributed by atoms with Crippen LogP contribution in [0.1, 0.15) is 43.5 Å². The summed E-state index contributed by atoms with van der Waals surface area (Å²) in [6, 6.07) is 22.1. The van der Waals surface area contributed by atoms with Gasteiger partial charge in [0.2, 0.25) is 11.6 Å². The van der Waals surface area contributed by atoms with E-state index < -0.39 is 22.7 Å². The molecule has 0 fully saturated rings. The number of nitrogens with zero attached hydrogens (tertiary/aromatic N) is 3. The number of rotatable bonds is 6. The third kappa shape index (κ3) is 3.82. The zero-order chi connectivity index (χ0) is 25.4. The van der Waals surface area contributed by atoms with Gasteiger partial charge in [-0.25, -0.2) is 14.3 Å². The number of benzene rings is 2. The summed E-state index contributed by atoms with van der Waals surface area (Å²) < 4.78 is 2.57. The fraction of sp³-hybridized carbons (Fsp3) is 0.0741. The third-order valence-electron chi connectivity index (χ3n) is 5.84. The summed E-state index contributed by atoms with van der Waals surface area (Å²) in [6.07, 6.45) is 0. The largest absolute Gasteiger partial charge is 0.295 e. The van der Waals surface area contributed by atoms with Crippen LogP contribution in [0.5, 0.6) is 0 Å². The Balaban J connectivity index is 1.52. The molecule has 0 atom stereocenters. The second-order valence-electron chi connectivity index (χ2n) is 8.24. The Bertz CT molecular complexity index is 1600. The minimum Gasteiger partial charge on any atom is -0.295 e. The number of aromatic nitrogens is 5.